The second-order valence-corrected chi connectivity index (χ2v) is 4.63. The van der Waals surface area contributed by atoms with Gasteiger partial charge in [-0.05, 0) is 31.9 Å². The van der Waals surface area contributed by atoms with E-state index in [9.17, 15) is 4.79 Å². The molecule has 98 valence electrons. The molecular formula is C13H14N4O2. The zero-order valence-electron chi connectivity index (χ0n) is 10.5. The van der Waals surface area contributed by atoms with Crippen LogP contribution in [0.5, 0.6) is 0 Å². The number of anilines is 2. The van der Waals surface area contributed by atoms with Crippen molar-refractivity contribution in [3.8, 4) is 0 Å². The number of pyridine rings is 1. The predicted molar refractivity (Wildman–Crippen MR) is 69.2 cm³/mol. The van der Waals surface area contributed by atoms with Gasteiger partial charge in [0.15, 0.2) is 5.82 Å². The van der Waals surface area contributed by atoms with E-state index in [-0.39, 0.29) is 5.91 Å². The van der Waals surface area contributed by atoms with E-state index in [1.807, 2.05) is 6.92 Å². The SMILES string of the molecule is Cc1cc(Nc2ccnc(C(=O)NC3CC3)c2)no1. The third-order valence-corrected chi connectivity index (χ3v) is 2.81. The number of aromatic nitrogens is 2. The highest BCUT2D eigenvalue weighted by molar-refractivity contribution is 5.93. The molecule has 0 aliphatic heterocycles. The number of rotatable bonds is 4. The normalized spacial score (nSPS) is 14.2. The van der Waals surface area contributed by atoms with E-state index >= 15 is 0 Å². The molecule has 2 aromatic heterocycles. The topological polar surface area (TPSA) is 80.0 Å². The zero-order valence-corrected chi connectivity index (χ0v) is 10.5. The quantitative estimate of drug-likeness (QED) is 0.876. The van der Waals surface area contributed by atoms with Crippen LogP contribution in [0.15, 0.2) is 28.9 Å². The Labute approximate surface area is 110 Å². The summed E-state index contributed by atoms with van der Waals surface area (Å²) in [5, 5.41) is 9.80. The number of hydrogen-bond donors (Lipinski definition) is 2. The maximum Gasteiger partial charge on any atom is 0.270 e. The van der Waals surface area contributed by atoms with Crippen LogP contribution in [0.2, 0.25) is 0 Å². The molecule has 3 rings (SSSR count). The summed E-state index contributed by atoms with van der Waals surface area (Å²) in [5.41, 5.74) is 1.15. The first-order valence-electron chi connectivity index (χ1n) is 6.18. The number of nitrogens with one attached hydrogen (secondary N) is 2. The van der Waals surface area contributed by atoms with Crippen LogP contribution in [0.25, 0.3) is 0 Å². The van der Waals surface area contributed by atoms with Crippen LogP contribution in [-0.2, 0) is 0 Å². The lowest BCUT2D eigenvalue weighted by molar-refractivity contribution is 0.0946. The van der Waals surface area contributed by atoms with Gasteiger partial charge >= 0.3 is 0 Å². The first-order chi connectivity index (χ1) is 9.20. The van der Waals surface area contributed by atoms with Gasteiger partial charge in [-0.3, -0.25) is 9.78 Å². The van der Waals surface area contributed by atoms with Gasteiger partial charge in [-0.1, -0.05) is 5.16 Å². The van der Waals surface area contributed by atoms with Crippen LogP contribution in [0.4, 0.5) is 11.5 Å². The van der Waals surface area contributed by atoms with Crippen molar-refractivity contribution >= 4 is 17.4 Å². The van der Waals surface area contributed by atoms with Crippen molar-refractivity contribution in [3.05, 3.63) is 35.9 Å². The van der Waals surface area contributed by atoms with Crippen molar-refractivity contribution < 1.29 is 9.32 Å². The lowest BCUT2D eigenvalue weighted by Crippen LogP contribution is -2.26. The van der Waals surface area contributed by atoms with Gasteiger partial charge in [0.05, 0.1) is 0 Å². The molecule has 2 heterocycles. The van der Waals surface area contributed by atoms with Gasteiger partial charge < -0.3 is 15.2 Å². The van der Waals surface area contributed by atoms with Crippen molar-refractivity contribution in [2.45, 2.75) is 25.8 Å². The minimum Gasteiger partial charge on any atom is -0.360 e. The van der Waals surface area contributed by atoms with Crippen LogP contribution in [0.1, 0.15) is 29.1 Å². The molecule has 1 fully saturated rings. The van der Waals surface area contributed by atoms with E-state index in [1.54, 1.807) is 24.4 Å². The fourth-order valence-corrected chi connectivity index (χ4v) is 1.69. The van der Waals surface area contributed by atoms with Gasteiger partial charge in [0.25, 0.3) is 5.91 Å². The van der Waals surface area contributed by atoms with Crippen LogP contribution in [0.3, 0.4) is 0 Å². The third kappa shape index (κ3) is 2.90. The summed E-state index contributed by atoms with van der Waals surface area (Å²) in [6.45, 7) is 1.82. The Hall–Kier alpha value is -2.37. The first kappa shape index (κ1) is 11.7. The fraction of sp³-hybridized carbons (Fsp3) is 0.308. The number of nitrogens with zero attached hydrogens (tertiary/aromatic N) is 2. The lowest BCUT2D eigenvalue weighted by Gasteiger charge is -2.05. The Morgan fingerprint density at radius 3 is 2.95 bits per heavy atom. The number of hydrogen-bond acceptors (Lipinski definition) is 5. The lowest BCUT2D eigenvalue weighted by atomic mass is 10.3. The summed E-state index contributed by atoms with van der Waals surface area (Å²) in [4.78, 5) is 15.9. The molecule has 0 bridgehead atoms. The van der Waals surface area contributed by atoms with Crippen molar-refractivity contribution in [1.82, 2.24) is 15.5 Å². The van der Waals surface area contributed by atoms with E-state index in [2.05, 4.69) is 20.8 Å². The average molecular weight is 258 g/mol. The van der Waals surface area contributed by atoms with Crippen LogP contribution in [0, 0.1) is 6.92 Å². The molecule has 0 saturated heterocycles. The number of carbonyl (C=O) groups is 1. The van der Waals surface area contributed by atoms with Crippen LogP contribution >= 0.6 is 0 Å². The number of aryl methyl sites for hydroxylation is 1. The van der Waals surface area contributed by atoms with Gasteiger partial charge in [0, 0.05) is 24.0 Å². The summed E-state index contributed by atoms with van der Waals surface area (Å²) < 4.78 is 4.97. The molecule has 2 aromatic rings. The second kappa shape index (κ2) is 4.72. The van der Waals surface area contributed by atoms with E-state index in [4.69, 9.17) is 4.52 Å². The third-order valence-electron chi connectivity index (χ3n) is 2.81. The van der Waals surface area contributed by atoms with E-state index in [0.29, 0.717) is 17.6 Å². The van der Waals surface area contributed by atoms with Crippen molar-refractivity contribution in [2.75, 3.05) is 5.32 Å². The molecule has 2 N–H and O–H groups in total. The largest absolute Gasteiger partial charge is 0.360 e. The van der Waals surface area contributed by atoms with Crippen molar-refractivity contribution in [1.29, 1.82) is 0 Å². The predicted octanol–water partition coefficient (Wildman–Crippen LogP) is 2.01. The highest BCUT2D eigenvalue weighted by Crippen LogP contribution is 2.20. The molecule has 0 unspecified atom stereocenters. The summed E-state index contributed by atoms with van der Waals surface area (Å²) in [5.74, 6) is 1.20. The van der Waals surface area contributed by atoms with Gasteiger partial charge in [-0.25, -0.2) is 0 Å². The molecule has 0 spiro atoms. The fourth-order valence-electron chi connectivity index (χ4n) is 1.69. The van der Waals surface area contributed by atoms with E-state index in [1.165, 1.54) is 0 Å². The number of amides is 1. The van der Waals surface area contributed by atoms with Crippen molar-refractivity contribution in [3.63, 3.8) is 0 Å². The summed E-state index contributed by atoms with van der Waals surface area (Å²) in [7, 11) is 0. The standard InChI is InChI=1S/C13H14N4O2/c1-8-6-12(17-19-8)15-10-4-5-14-11(7-10)13(18)16-9-2-3-9/h4-7,9H,2-3H2,1H3,(H,16,18)(H,14,15,17). The molecule has 0 radical (unpaired) electrons. The molecule has 6 heteroatoms. The molecule has 19 heavy (non-hydrogen) atoms. The molecule has 1 saturated carbocycles. The monoisotopic (exact) mass is 258 g/mol. The summed E-state index contributed by atoms with van der Waals surface area (Å²) >= 11 is 0. The first-order valence-corrected chi connectivity index (χ1v) is 6.18. The van der Waals surface area contributed by atoms with Gasteiger partial charge in [-0.2, -0.15) is 0 Å². The van der Waals surface area contributed by atoms with Crippen LogP contribution < -0.4 is 10.6 Å². The molecule has 6 nitrogen and oxygen atoms in total. The highest BCUT2D eigenvalue weighted by atomic mass is 16.5. The van der Waals surface area contributed by atoms with Gasteiger partial charge in [0.1, 0.15) is 11.5 Å². The number of carbonyl (C=O) groups excluding carboxylic acids is 1. The Bertz CT molecular complexity index is 604. The second-order valence-electron chi connectivity index (χ2n) is 4.63. The smallest absolute Gasteiger partial charge is 0.270 e. The Kier molecular flexibility index (Phi) is 2.91. The minimum atomic E-state index is -0.137. The van der Waals surface area contributed by atoms with Gasteiger partial charge in [-0.15, -0.1) is 0 Å². The molecule has 0 atom stereocenters. The van der Waals surface area contributed by atoms with Crippen LogP contribution in [-0.4, -0.2) is 22.1 Å². The maximum atomic E-state index is 11.9. The summed E-state index contributed by atoms with van der Waals surface area (Å²) in [6.07, 6.45) is 3.71. The molecule has 0 aromatic carbocycles. The Morgan fingerprint density at radius 2 is 2.26 bits per heavy atom. The minimum absolute atomic E-state index is 0.137. The van der Waals surface area contributed by atoms with E-state index < -0.39 is 0 Å². The molecule has 1 aliphatic carbocycles. The molecular weight excluding hydrogens is 244 g/mol. The molecule has 1 amide bonds. The summed E-state index contributed by atoms with van der Waals surface area (Å²) in [6, 6.07) is 5.58. The Balaban J connectivity index is 1.73. The van der Waals surface area contributed by atoms with Gasteiger partial charge in [0.2, 0.25) is 0 Å². The highest BCUT2D eigenvalue weighted by Gasteiger charge is 2.24. The van der Waals surface area contributed by atoms with E-state index in [0.717, 1.165) is 24.3 Å². The van der Waals surface area contributed by atoms with Crippen molar-refractivity contribution in [2.24, 2.45) is 0 Å². The Morgan fingerprint density at radius 1 is 1.42 bits per heavy atom. The molecule has 1 aliphatic rings. The maximum absolute atomic E-state index is 11.9. The average Bonchev–Trinajstić information content (AvgIpc) is 3.12. The zero-order chi connectivity index (χ0) is 13.2.